The summed E-state index contributed by atoms with van der Waals surface area (Å²) in [4.78, 5) is 0. The summed E-state index contributed by atoms with van der Waals surface area (Å²) in [7, 11) is -1.24. The summed E-state index contributed by atoms with van der Waals surface area (Å²) in [6, 6.07) is 7.14. The van der Waals surface area contributed by atoms with E-state index < -0.39 is 7.80 Å². The van der Waals surface area contributed by atoms with Crippen molar-refractivity contribution in [2.75, 3.05) is 12.4 Å². The molecule has 10 heavy (non-hydrogen) atoms. The molecule has 0 saturated carbocycles. The highest BCUT2D eigenvalue weighted by Crippen LogP contribution is 2.14. The summed E-state index contributed by atoms with van der Waals surface area (Å²) < 4.78 is 10.9. The highest BCUT2D eigenvalue weighted by Gasteiger charge is 1.95. The van der Waals surface area contributed by atoms with Crippen LogP contribution in [0.25, 0.3) is 0 Å². The molecule has 1 aromatic carbocycles. The minimum Gasteiger partial charge on any atom is -0.399 e. The van der Waals surface area contributed by atoms with Crippen LogP contribution in [-0.2, 0) is 4.57 Å². The first kappa shape index (κ1) is 7.23. The molecule has 1 aromatic rings. The van der Waals surface area contributed by atoms with Crippen LogP contribution in [0, 0.1) is 0 Å². The van der Waals surface area contributed by atoms with Gasteiger partial charge in [-0.15, -0.1) is 0 Å². The topological polar surface area (TPSA) is 43.1 Å². The van der Waals surface area contributed by atoms with Crippen molar-refractivity contribution in [2.24, 2.45) is 0 Å². The van der Waals surface area contributed by atoms with E-state index in [0.29, 0.717) is 5.69 Å². The average molecular weight is 154 g/mol. The van der Waals surface area contributed by atoms with Crippen LogP contribution in [0.2, 0.25) is 0 Å². The number of hydrogen-bond donors (Lipinski definition) is 1. The third kappa shape index (κ3) is 1.55. The van der Waals surface area contributed by atoms with Gasteiger partial charge in [0.2, 0.25) is 0 Å². The zero-order valence-electron chi connectivity index (χ0n) is 5.74. The van der Waals surface area contributed by atoms with Gasteiger partial charge in [-0.05, 0) is 18.2 Å². The van der Waals surface area contributed by atoms with E-state index in [-0.39, 0.29) is 0 Å². The summed E-state index contributed by atoms with van der Waals surface area (Å²) in [5.41, 5.74) is 6.14. The highest BCUT2D eigenvalue weighted by atomic mass is 31.1. The van der Waals surface area contributed by atoms with Gasteiger partial charge in [0.15, 0.2) is 0 Å². The van der Waals surface area contributed by atoms with Crippen LogP contribution in [0.5, 0.6) is 0 Å². The van der Waals surface area contributed by atoms with Crippen molar-refractivity contribution in [2.45, 2.75) is 0 Å². The number of nitrogens with two attached hydrogens (primary N) is 1. The van der Waals surface area contributed by atoms with Gasteiger partial charge in [-0.25, -0.2) is 0 Å². The van der Waals surface area contributed by atoms with Crippen LogP contribution in [0.1, 0.15) is 0 Å². The maximum Gasteiger partial charge on any atom is 0.101 e. The average Bonchev–Trinajstić information content (AvgIpc) is 1.88. The first-order chi connectivity index (χ1) is 4.70. The minimum absolute atomic E-state index is 0.669. The van der Waals surface area contributed by atoms with E-state index in [4.69, 9.17) is 5.73 Å². The maximum atomic E-state index is 10.9. The van der Waals surface area contributed by atoms with Crippen LogP contribution < -0.4 is 11.0 Å². The number of benzene rings is 1. The Morgan fingerprint density at radius 2 is 2.20 bits per heavy atom. The molecule has 0 spiro atoms. The van der Waals surface area contributed by atoms with Crippen LogP contribution in [0.3, 0.4) is 0 Å². The van der Waals surface area contributed by atoms with Gasteiger partial charge in [0.1, 0.15) is 7.80 Å². The molecular formula is C7H9NOP. The van der Waals surface area contributed by atoms with Crippen LogP contribution >= 0.6 is 7.80 Å². The van der Waals surface area contributed by atoms with E-state index in [1.165, 1.54) is 0 Å². The van der Waals surface area contributed by atoms with Crippen molar-refractivity contribution in [1.82, 2.24) is 0 Å². The molecular weight excluding hydrogens is 145 g/mol. The fraction of sp³-hybridized carbons (Fsp3) is 0.143. The number of hydrogen-bond acceptors (Lipinski definition) is 2. The molecule has 1 atom stereocenters. The van der Waals surface area contributed by atoms with Gasteiger partial charge in [-0.3, -0.25) is 4.57 Å². The van der Waals surface area contributed by atoms with E-state index in [1.54, 1.807) is 24.9 Å². The van der Waals surface area contributed by atoms with Gasteiger partial charge in [-0.2, -0.15) is 0 Å². The molecule has 0 aromatic heterocycles. The second-order valence-electron chi connectivity index (χ2n) is 2.09. The molecule has 2 nitrogen and oxygen atoms in total. The molecule has 0 bridgehead atoms. The molecule has 1 unspecified atom stereocenters. The van der Waals surface area contributed by atoms with E-state index in [9.17, 15) is 4.57 Å². The monoisotopic (exact) mass is 154 g/mol. The van der Waals surface area contributed by atoms with Gasteiger partial charge < -0.3 is 5.73 Å². The predicted molar refractivity (Wildman–Crippen MR) is 44.0 cm³/mol. The Morgan fingerprint density at radius 1 is 1.50 bits per heavy atom. The SMILES string of the molecule is C[P](=O)c1cccc(N)c1. The molecule has 0 amide bonds. The number of nitrogen functional groups attached to an aromatic ring is 1. The third-order valence-corrected chi connectivity index (χ3v) is 2.24. The van der Waals surface area contributed by atoms with Crippen molar-refractivity contribution in [3.8, 4) is 0 Å². The highest BCUT2D eigenvalue weighted by molar-refractivity contribution is 7.52. The van der Waals surface area contributed by atoms with E-state index in [0.717, 1.165) is 5.30 Å². The lowest BCUT2D eigenvalue weighted by Crippen LogP contribution is -1.96. The fourth-order valence-electron chi connectivity index (χ4n) is 0.721. The fourth-order valence-corrected chi connectivity index (χ4v) is 1.35. The van der Waals surface area contributed by atoms with Crippen LogP contribution in [-0.4, -0.2) is 6.66 Å². The van der Waals surface area contributed by atoms with Crippen molar-refractivity contribution in [3.63, 3.8) is 0 Å². The molecule has 0 aliphatic heterocycles. The summed E-state index contributed by atoms with van der Waals surface area (Å²) >= 11 is 0. The number of rotatable bonds is 1. The van der Waals surface area contributed by atoms with E-state index in [1.807, 2.05) is 6.07 Å². The zero-order valence-corrected chi connectivity index (χ0v) is 6.64. The molecule has 1 rings (SSSR count). The Bertz CT molecular complexity index is 260. The van der Waals surface area contributed by atoms with Gasteiger partial charge in [0, 0.05) is 17.7 Å². The predicted octanol–water partition coefficient (Wildman–Crippen LogP) is 1.35. The van der Waals surface area contributed by atoms with Gasteiger partial charge in [-0.1, -0.05) is 6.07 Å². The van der Waals surface area contributed by atoms with Crippen molar-refractivity contribution < 1.29 is 4.57 Å². The molecule has 0 aliphatic carbocycles. The van der Waals surface area contributed by atoms with E-state index in [2.05, 4.69) is 0 Å². The van der Waals surface area contributed by atoms with E-state index >= 15 is 0 Å². The second kappa shape index (κ2) is 2.80. The lowest BCUT2D eigenvalue weighted by Gasteiger charge is -1.95. The maximum absolute atomic E-state index is 10.9. The molecule has 0 aliphatic rings. The largest absolute Gasteiger partial charge is 0.399 e. The third-order valence-electron chi connectivity index (χ3n) is 1.23. The van der Waals surface area contributed by atoms with Crippen molar-refractivity contribution >= 4 is 18.8 Å². The Kier molecular flexibility index (Phi) is 2.03. The first-order valence-electron chi connectivity index (χ1n) is 2.96. The van der Waals surface area contributed by atoms with Gasteiger partial charge in [0.05, 0.1) is 0 Å². The Hall–Kier alpha value is -0.880. The molecule has 1 radical (unpaired) electrons. The molecule has 2 N–H and O–H groups in total. The Morgan fingerprint density at radius 3 is 2.60 bits per heavy atom. The normalized spacial score (nSPS) is 11.1. The smallest absolute Gasteiger partial charge is 0.101 e. The summed E-state index contributed by atoms with van der Waals surface area (Å²) in [6.45, 7) is 1.67. The lowest BCUT2D eigenvalue weighted by molar-refractivity contribution is 0.596. The van der Waals surface area contributed by atoms with Gasteiger partial charge in [0.25, 0.3) is 0 Å². The van der Waals surface area contributed by atoms with Gasteiger partial charge >= 0.3 is 0 Å². The van der Waals surface area contributed by atoms with Crippen LogP contribution in [0.4, 0.5) is 5.69 Å². The standard InChI is InChI=1S/C7H9NOP/c1-10(9)7-4-2-3-6(8)5-7/h2-5H,8H2,1H3. The molecule has 53 valence electrons. The molecule has 0 heterocycles. The summed E-state index contributed by atoms with van der Waals surface area (Å²) in [5, 5.41) is 0.815. The molecule has 3 heteroatoms. The number of anilines is 1. The lowest BCUT2D eigenvalue weighted by atomic mass is 10.3. The quantitative estimate of drug-likeness (QED) is 0.490. The van der Waals surface area contributed by atoms with Crippen molar-refractivity contribution in [3.05, 3.63) is 24.3 Å². The van der Waals surface area contributed by atoms with Crippen LogP contribution in [0.15, 0.2) is 24.3 Å². The minimum atomic E-state index is -1.24. The second-order valence-corrected chi connectivity index (χ2v) is 3.60. The summed E-state index contributed by atoms with van der Waals surface area (Å²) in [6.07, 6.45) is 0. The molecule has 0 saturated heterocycles. The first-order valence-corrected chi connectivity index (χ1v) is 4.67. The zero-order chi connectivity index (χ0) is 7.56. The Balaban J connectivity index is 3.07. The summed E-state index contributed by atoms with van der Waals surface area (Å²) in [5.74, 6) is 0. The Labute approximate surface area is 60.8 Å². The van der Waals surface area contributed by atoms with Crippen molar-refractivity contribution in [1.29, 1.82) is 0 Å². The molecule has 0 fully saturated rings.